The molecule has 0 amide bonds. The lowest BCUT2D eigenvalue weighted by molar-refractivity contribution is 0.419. The molecule has 0 unspecified atom stereocenters. The molecule has 0 aliphatic rings. The van der Waals surface area contributed by atoms with Crippen molar-refractivity contribution in [1.82, 2.24) is 9.97 Å². The van der Waals surface area contributed by atoms with Crippen LogP contribution >= 0.6 is 11.6 Å². The van der Waals surface area contributed by atoms with Crippen molar-refractivity contribution in [1.29, 1.82) is 5.26 Å². The molecule has 1 aromatic heterocycles. The number of aromatic amines is 1. The fraction of sp³-hybridized carbons (Fsp3) is 0.0833. The van der Waals surface area contributed by atoms with Crippen molar-refractivity contribution in [3.05, 3.63) is 46.2 Å². The number of benzene rings is 1. The fourth-order valence-electron chi connectivity index (χ4n) is 1.53. The molecule has 0 aliphatic carbocycles. The second kappa shape index (κ2) is 4.90. The zero-order chi connectivity index (χ0) is 13.1. The molecule has 90 valence electrons. The molecule has 0 aliphatic heterocycles. The number of hydrogen-bond donors (Lipinski definition) is 2. The third-order valence-corrected chi connectivity index (χ3v) is 2.63. The van der Waals surface area contributed by atoms with Gasteiger partial charge in [-0.05, 0) is 12.1 Å². The summed E-state index contributed by atoms with van der Waals surface area (Å²) in [6.45, 7) is 0. The highest BCUT2D eigenvalue weighted by molar-refractivity contribution is 6.19. The van der Waals surface area contributed by atoms with Crippen LogP contribution in [0.2, 0.25) is 0 Å². The number of H-pyrrole nitrogens is 1. The number of aliphatic hydroxyl groups is 1. The predicted molar refractivity (Wildman–Crippen MR) is 68.2 cm³/mol. The SMILES string of the molecule is N#CC(=C(O)CCl)c1nc2ccccc2c(=O)[nH]1. The van der Waals surface area contributed by atoms with Crippen LogP contribution in [0.4, 0.5) is 0 Å². The Morgan fingerprint density at radius 3 is 2.89 bits per heavy atom. The van der Waals surface area contributed by atoms with E-state index in [2.05, 4.69) is 9.97 Å². The van der Waals surface area contributed by atoms with Gasteiger partial charge in [-0.25, -0.2) is 4.98 Å². The standard InChI is InChI=1S/C12H8ClN3O2/c13-5-10(17)8(6-14)11-15-9-4-2-1-3-7(9)12(18)16-11/h1-4,17H,5H2,(H,15,16,18). The average molecular weight is 262 g/mol. The first-order valence-electron chi connectivity index (χ1n) is 5.05. The number of rotatable bonds is 2. The smallest absolute Gasteiger partial charge is 0.259 e. The van der Waals surface area contributed by atoms with Crippen molar-refractivity contribution in [2.45, 2.75) is 0 Å². The van der Waals surface area contributed by atoms with Gasteiger partial charge in [0.15, 0.2) is 5.82 Å². The summed E-state index contributed by atoms with van der Waals surface area (Å²) in [5, 5.41) is 18.9. The Labute approximate surface area is 107 Å². The molecule has 0 radical (unpaired) electrons. The Morgan fingerprint density at radius 2 is 2.22 bits per heavy atom. The maximum atomic E-state index is 11.8. The minimum Gasteiger partial charge on any atom is -0.510 e. The van der Waals surface area contributed by atoms with E-state index in [9.17, 15) is 9.90 Å². The molecule has 0 atom stereocenters. The van der Waals surface area contributed by atoms with Crippen LogP contribution in [0.3, 0.4) is 0 Å². The Kier molecular flexibility index (Phi) is 3.31. The molecule has 0 bridgehead atoms. The molecule has 2 aromatic rings. The summed E-state index contributed by atoms with van der Waals surface area (Å²) in [6, 6.07) is 8.50. The summed E-state index contributed by atoms with van der Waals surface area (Å²) >= 11 is 5.45. The maximum Gasteiger partial charge on any atom is 0.259 e. The number of nitrogens with zero attached hydrogens (tertiary/aromatic N) is 2. The van der Waals surface area contributed by atoms with Gasteiger partial charge in [0.25, 0.3) is 5.56 Å². The minimum atomic E-state index is -0.370. The number of alkyl halides is 1. The molecule has 6 heteroatoms. The van der Waals surface area contributed by atoms with Crippen molar-refractivity contribution < 1.29 is 5.11 Å². The van der Waals surface area contributed by atoms with Crippen LogP contribution in [0, 0.1) is 11.3 Å². The van der Waals surface area contributed by atoms with E-state index in [1.165, 1.54) is 0 Å². The van der Waals surface area contributed by atoms with Crippen molar-refractivity contribution in [3.63, 3.8) is 0 Å². The largest absolute Gasteiger partial charge is 0.510 e. The summed E-state index contributed by atoms with van der Waals surface area (Å²) in [6.07, 6.45) is 0. The molecule has 0 saturated heterocycles. The maximum absolute atomic E-state index is 11.8. The normalized spacial score (nSPS) is 12.0. The lowest BCUT2D eigenvalue weighted by atomic mass is 10.2. The first-order chi connectivity index (χ1) is 8.67. The number of halogens is 1. The van der Waals surface area contributed by atoms with Crippen LogP contribution in [0.25, 0.3) is 16.5 Å². The molecule has 2 rings (SSSR count). The number of nitriles is 1. The molecule has 2 N–H and O–H groups in total. The van der Waals surface area contributed by atoms with Gasteiger partial charge >= 0.3 is 0 Å². The van der Waals surface area contributed by atoms with Gasteiger partial charge in [-0.15, -0.1) is 11.6 Å². The van der Waals surface area contributed by atoms with E-state index in [0.717, 1.165) is 0 Å². The Morgan fingerprint density at radius 1 is 1.50 bits per heavy atom. The highest BCUT2D eigenvalue weighted by Gasteiger charge is 2.12. The van der Waals surface area contributed by atoms with Crippen LogP contribution in [0.1, 0.15) is 5.82 Å². The number of nitrogens with one attached hydrogen (secondary N) is 1. The lowest BCUT2D eigenvalue weighted by Gasteiger charge is -2.02. The first-order valence-corrected chi connectivity index (χ1v) is 5.58. The number of para-hydroxylation sites is 1. The van der Waals surface area contributed by atoms with Crippen molar-refractivity contribution in [2.24, 2.45) is 0 Å². The number of aliphatic hydroxyl groups excluding tert-OH is 1. The Hall–Kier alpha value is -2.32. The zero-order valence-electron chi connectivity index (χ0n) is 9.14. The van der Waals surface area contributed by atoms with Gasteiger partial charge < -0.3 is 10.1 Å². The van der Waals surface area contributed by atoms with Gasteiger partial charge in [0.1, 0.15) is 17.4 Å². The molecule has 1 aromatic carbocycles. The quantitative estimate of drug-likeness (QED) is 0.491. The van der Waals surface area contributed by atoms with E-state index < -0.39 is 0 Å². The van der Waals surface area contributed by atoms with Crippen LogP contribution in [0.5, 0.6) is 0 Å². The Bertz CT molecular complexity index is 728. The summed E-state index contributed by atoms with van der Waals surface area (Å²) < 4.78 is 0. The van der Waals surface area contributed by atoms with E-state index >= 15 is 0 Å². The van der Waals surface area contributed by atoms with Crippen LogP contribution in [0.15, 0.2) is 34.8 Å². The molecule has 0 fully saturated rings. The third-order valence-electron chi connectivity index (χ3n) is 2.38. The van der Waals surface area contributed by atoms with Crippen molar-refractivity contribution >= 4 is 28.1 Å². The molecular formula is C12H8ClN3O2. The highest BCUT2D eigenvalue weighted by Crippen LogP contribution is 2.15. The summed E-state index contributed by atoms with van der Waals surface area (Å²) in [5.41, 5.74) is -0.0510. The highest BCUT2D eigenvalue weighted by atomic mass is 35.5. The number of allylic oxidation sites excluding steroid dienone is 2. The van der Waals surface area contributed by atoms with Crippen molar-refractivity contribution in [2.75, 3.05) is 5.88 Å². The van der Waals surface area contributed by atoms with Gasteiger partial charge in [0, 0.05) is 0 Å². The van der Waals surface area contributed by atoms with E-state index in [1.807, 2.05) is 0 Å². The third kappa shape index (κ3) is 2.06. The summed E-state index contributed by atoms with van der Waals surface area (Å²) in [7, 11) is 0. The van der Waals surface area contributed by atoms with Crippen LogP contribution in [-0.2, 0) is 0 Å². The molecule has 1 heterocycles. The van der Waals surface area contributed by atoms with Gasteiger partial charge in [0.05, 0.1) is 16.8 Å². The molecule has 5 nitrogen and oxygen atoms in total. The number of fused-ring (bicyclic) bond motifs is 1. The van der Waals surface area contributed by atoms with Crippen molar-refractivity contribution in [3.8, 4) is 6.07 Å². The second-order valence-corrected chi connectivity index (χ2v) is 3.77. The zero-order valence-corrected chi connectivity index (χ0v) is 9.90. The van der Waals surface area contributed by atoms with E-state index in [1.54, 1.807) is 30.3 Å². The van der Waals surface area contributed by atoms with Crippen LogP contribution < -0.4 is 5.56 Å². The number of aromatic nitrogens is 2. The summed E-state index contributed by atoms with van der Waals surface area (Å²) in [4.78, 5) is 18.4. The first kappa shape index (κ1) is 12.1. The number of hydrogen-bond acceptors (Lipinski definition) is 4. The average Bonchev–Trinajstić information content (AvgIpc) is 2.39. The summed E-state index contributed by atoms with van der Waals surface area (Å²) in [5.74, 6) is -0.531. The van der Waals surface area contributed by atoms with Gasteiger partial charge in [-0.1, -0.05) is 12.1 Å². The molecule has 0 saturated carbocycles. The van der Waals surface area contributed by atoms with Crippen LogP contribution in [-0.4, -0.2) is 21.0 Å². The van der Waals surface area contributed by atoms with Gasteiger partial charge in [-0.3, -0.25) is 4.79 Å². The minimum absolute atomic E-state index is 0.0133. The predicted octanol–water partition coefficient (Wildman–Crippen LogP) is 1.95. The van der Waals surface area contributed by atoms with E-state index in [4.69, 9.17) is 16.9 Å². The molecule has 18 heavy (non-hydrogen) atoms. The fourth-order valence-corrected chi connectivity index (χ4v) is 1.66. The van der Waals surface area contributed by atoms with Gasteiger partial charge in [-0.2, -0.15) is 5.26 Å². The van der Waals surface area contributed by atoms with Gasteiger partial charge in [0.2, 0.25) is 0 Å². The second-order valence-electron chi connectivity index (χ2n) is 3.50. The Balaban J connectivity index is 2.75. The topological polar surface area (TPSA) is 89.8 Å². The molecular weight excluding hydrogens is 254 g/mol. The molecule has 0 spiro atoms. The van der Waals surface area contributed by atoms with E-state index in [-0.39, 0.29) is 28.6 Å². The lowest BCUT2D eigenvalue weighted by Crippen LogP contribution is -2.12. The van der Waals surface area contributed by atoms with E-state index in [0.29, 0.717) is 10.9 Å². The monoisotopic (exact) mass is 261 g/mol.